The molecule has 2 atom stereocenters. The first-order valence-electron chi connectivity index (χ1n) is 8.20. The normalized spacial score (nSPS) is 21.2. The molecule has 2 unspecified atom stereocenters. The molecule has 1 aromatic heterocycles. The fraction of sp³-hybridized carbons (Fsp3) is 0.471. The van der Waals surface area contributed by atoms with Crippen LogP contribution >= 0.6 is 0 Å². The predicted octanol–water partition coefficient (Wildman–Crippen LogP) is 1.81. The molecule has 124 valence electrons. The van der Waals surface area contributed by atoms with Gasteiger partial charge in [0, 0.05) is 37.9 Å². The van der Waals surface area contributed by atoms with Crippen LogP contribution in [0.15, 0.2) is 42.7 Å². The van der Waals surface area contributed by atoms with Crippen LogP contribution in [0.2, 0.25) is 0 Å². The van der Waals surface area contributed by atoms with Gasteiger partial charge in [-0.3, -0.25) is 10.1 Å². The Labute approximate surface area is 136 Å². The summed E-state index contributed by atoms with van der Waals surface area (Å²) >= 11 is 0. The highest BCUT2D eigenvalue weighted by molar-refractivity contribution is 5.21. The topological polar surface area (TPSA) is 45.1 Å². The van der Waals surface area contributed by atoms with E-state index in [1.54, 1.807) is 0 Å². The largest absolute Gasteiger partial charge is 0.301 e. The van der Waals surface area contributed by atoms with E-state index in [4.69, 9.17) is 0 Å². The number of benzene rings is 1. The summed E-state index contributed by atoms with van der Waals surface area (Å²) in [7, 11) is 0. The van der Waals surface area contributed by atoms with E-state index in [2.05, 4.69) is 27.8 Å². The summed E-state index contributed by atoms with van der Waals surface area (Å²) in [6, 6.07) is 8.96. The summed E-state index contributed by atoms with van der Waals surface area (Å²) in [4.78, 5) is 2.44. The molecule has 1 saturated heterocycles. The van der Waals surface area contributed by atoms with E-state index in [1.807, 2.05) is 35.3 Å². The van der Waals surface area contributed by atoms with Crippen molar-refractivity contribution >= 4 is 0 Å². The molecule has 2 N–H and O–H groups in total. The van der Waals surface area contributed by atoms with Crippen molar-refractivity contribution in [2.75, 3.05) is 26.2 Å². The number of likely N-dealkylation sites (N-methyl/N-ethyl adjacent to an activating group) is 1. The zero-order valence-corrected chi connectivity index (χ0v) is 13.5. The van der Waals surface area contributed by atoms with E-state index >= 15 is 0 Å². The molecule has 1 aliphatic rings. The second kappa shape index (κ2) is 7.68. The van der Waals surface area contributed by atoms with Gasteiger partial charge >= 0.3 is 0 Å². The summed E-state index contributed by atoms with van der Waals surface area (Å²) < 4.78 is 15.1. The number of hydrazine groups is 1. The van der Waals surface area contributed by atoms with Gasteiger partial charge in [0.1, 0.15) is 5.82 Å². The molecular formula is C17H24FN5. The van der Waals surface area contributed by atoms with Gasteiger partial charge < -0.3 is 4.90 Å². The first kappa shape index (κ1) is 16.1. The van der Waals surface area contributed by atoms with E-state index in [0.717, 1.165) is 38.3 Å². The van der Waals surface area contributed by atoms with Crippen LogP contribution in [0.3, 0.4) is 0 Å². The van der Waals surface area contributed by atoms with Crippen LogP contribution in [0.25, 0.3) is 0 Å². The van der Waals surface area contributed by atoms with Gasteiger partial charge in [0.05, 0.1) is 12.6 Å². The van der Waals surface area contributed by atoms with Gasteiger partial charge in [0.2, 0.25) is 0 Å². The minimum absolute atomic E-state index is 0.189. The fourth-order valence-corrected chi connectivity index (χ4v) is 3.12. The van der Waals surface area contributed by atoms with Gasteiger partial charge in [-0.1, -0.05) is 19.1 Å². The van der Waals surface area contributed by atoms with Crippen molar-refractivity contribution in [1.82, 2.24) is 25.5 Å². The lowest BCUT2D eigenvalue weighted by Gasteiger charge is -2.27. The monoisotopic (exact) mass is 317 g/mol. The molecule has 3 rings (SSSR count). The minimum Gasteiger partial charge on any atom is -0.301 e. The fourth-order valence-electron chi connectivity index (χ4n) is 3.12. The highest BCUT2D eigenvalue weighted by atomic mass is 19.1. The van der Waals surface area contributed by atoms with Crippen LogP contribution in [0, 0.1) is 11.7 Å². The molecule has 6 heteroatoms. The molecule has 1 fully saturated rings. The van der Waals surface area contributed by atoms with Crippen LogP contribution in [0.1, 0.15) is 18.5 Å². The zero-order valence-electron chi connectivity index (χ0n) is 13.5. The number of rotatable bonds is 7. The van der Waals surface area contributed by atoms with Crippen molar-refractivity contribution in [3.63, 3.8) is 0 Å². The van der Waals surface area contributed by atoms with Crippen molar-refractivity contribution in [2.45, 2.75) is 19.5 Å². The summed E-state index contributed by atoms with van der Waals surface area (Å²) in [5.74, 6) is 0.267. The van der Waals surface area contributed by atoms with Crippen molar-refractivity contribution in [3.8, 4) is 0 Å². The van der Waals surface area contributed by atoms with Gasteiger partial charge in [-0.15, -0.1) is 0 Å². The Kier molecular flexibility index (Phi) is 5.38. The lowest BCUT2D eigenvalue weighted by molar-refractivity contribution is 0.225. The maximum Gasteiger partial charge on any atom is 0.123 e. The van der Waals surface area contributed by atoms with Gasteiger partial charge in [0.25, 0.3) is 0 Å². The maximum absolute atomic E-state index is 13.1. The molecule has 0 bridgehead atoms. The van der Waals surface area contributed by atoms with Gasteiger partial charge in [-0.25, -0.2) is 9.82 Å². The Bertz CT molecular complexity index is 584. The third-order valence-corrected chi connectivity index (χ3v) is 4.47. The summed E-state index contributed by atoms with van der Waals surface area (Å²) in [6.07, 6.45) is 3.81. The number of hydrogen-bond donors (Lipinski definition) is 2. The molecule has 5 nitrogen and oxygen atoms in total. The molecule has 0 saturated carbocycles. The minimum atomic E-state index is -0.189. The number of nitrogens with zero attached hydrogens (tertiary/aromatic N) is 3. The molecule has 1 aliphatic heterocycles. The van der Waals surface area contributed by atoms with Crippen LogP contribution < -0.4 is 10.9 Å². The number of hydrogen-bond acceptors (Lipinski definition) is 4. The molecule has 0 radical (unpaired) electrons. The Morgan fingerprint density at radius 3 is 2.87 bits per heavy atom. The van der Waals surface area contributed by atoms with Gasteiger partial charge in [0.15, 0.2) is 0 Å². The van der Waals surface area contributed by atoms with Gasteiger partial charge in [-0.05, 0) is 30.3 Å². The molecule has 23 heavy (non-hydrogen) atoms. The average Bonchev–Trinajstić information content (AvgIpc) is 3.24. The Morgan fingerprint density at radius 2 is 2.17 bits per heavy atom. The maximum atomic E-state index is 13.1. The third-order valence-electron chi connectivity index (χ3n) is 4.47. The highest BCUT2D eigenvalue weighted by Gasteiger charge is 2.29. The summed E-state index contributed by atoms with van der Waals surface area (Å²) in [5, 5.41) is 4.25. The van der Waals surface area contributed by atoms with E-state index in [9.17, 15) is 4.39 Å². The number of aromatic nitrogens is 2. The first-order valence-corrected chi connectivity index (χ1v) is 8.20. The molecule has 0 amide bonds. The summed E-state index contributed by atoms with van der Waals surface area (Å²) in [6.45, 7) is 6.99. The average molecular weight is 317 g/mol. The van der Waals surface area contributed by atoms with Crippen LogP contribution in [-0.4, -0.2) is 40.9 Å². The van der Waals surface area contributed by atoms with Gasteiger partial charge in [-0.2, -0.15) is 5.10 Å². The predicted molar refractivity (Wildman–Crippen MR) is 88.1 cm³/mol. The van der Waals surface area contributed by atoms with Crippen LogP contribution in [-0.2, 0) is 6.54 Å². The zero-order chi connectivity index (χ0) is 16.1. The lowest BCUT2D eigenvalue weighted by atomic mass is 9.94. The molecule has 1 aromatic carbocycles. The van der Waals surface area contributed by atoms with E-state index < -0.39 is 0 Å². The van der Waals surface area contributed by atoms with Crippen molar-refractivity contribution in [1.29, 1.82) is 0 Å². The smallest absolute Gasteiger partial charge is 0.123 e. The van der Waals surface area contributed by atoms with E-state index in [-0.39, 0.29) is 11.9 Å². The van der Waals surface area contributed by atoms with Crippen molar-refractivity contribution < 1.29 is 4.39 Å². The Morgan fingerprint density at radius 1 is 1.35 bits per heavy atom. The second-order valence-corrected chi connectivity index (χ2v) is 5.98. The molecule has 2 aromatic rings. The third kappa shape index (κ3) is 4.16. The quantitative estimate of drug-likeness (QED) is 0.817. The highest BCUT2D eigenvalue weighted by Crippen LogP contribution is 2.25. The second-order valence-electron chi connectivity index (χ2n) is 5.98. The van der Waals surface area contributed by atoms with Crippen molar-refractivity contribution in [2.24, 2.45) is 5.92 Å². The van der Waals surface area contributed by atoms with Crippen molar-refractivity contribution in [3.05, 3.63) is 54.1 Å². The molecular weight excluding hydrogens is 293 g/mol. The molecule has 2 heterocycles. The summed E-state index contributed by atoms with van der Waals surface area (Å²) in [5.41, 5.74) is 7.70. The SMILES string of the molecule is CCN(CCn1cccn1)CC1CNNC1c1ccc(F)cc1. The van der Waals surface area contributed by atoms with E-state index in [0.29, 0.717) is 5.92 Å². The van der Waals surface area contributed by atoms with Crippen LogP contribution in [0.4, 0.5) is 4.39 Å². The molecule has 0 aliphatic carbocycles. The Balaban J connectivity index is 1.59. The standard InChI is InChI=1S/C17H24FN5/c1-2-22(10-11-23-9-3-8-20-23)13-15-12-19-21-17(15)14-4-6-16(18)7-5-14/h3-9,15,17,19,21H,2,10-13H2,1H3. The lowest BCUT2D eigenvalue weighted by Crippen LogP contribution is -2.35. The molecule has 0 spiro atoms. The van der Waals surface area contributed by atoms with Crippen LogP contribution in [0.5, 0.6) is 0 Å². The number of nitrogens with one attached hydrogen (secondary N) is 2. The van der Waals surface area contributed by atoms with E-state index in [1.165, 1.54) is 12.1 Å². The Hall–Kier alpha value is -1.76. The number of halogens is 1. The first-order chi connectivity index (χ1) is 11.3.